The number of aryl methyl sites for hydroxylation is 1. The summed E-state index contributed by atoms with van der Waals surface area (Å²) in [6, 6.07) is 17.5. The zero-order valence-corrected chi connectivity index (χ0v) is 17.7. The standard InChI is InChI=1S/C22H23ClN2O2S/c1-14-6-8-16(9-7-14)21(20-5-4-12-28-20)24-15(2)22(26)25-18-13-17(23)10-11-19(18)27-3/h4-13,15,21,24H,1-3H3,(H,25,26)/p+1/t15-,21+/m1/s1. The Labute approximate surface area is 174 Å². The summed E-state index contributed by atoms with van der Waals surface area (Å²) < 4.78 is 5.32. The molecule has 0 fully saturated rings. The SMILES string of the molecule is COc1ccc(Cl)cc1NC(=O)[C@@H](C)[NH2+][C@@H](c1ccc(C)cc1)c1cccs1. The Kier molecular flexibility index (Phi) is 6.73. The number of methoxy groups -OCH3 is 1. The van der Waals surface area contributed by atoms with E-state index in [1.165, 1.54) is 16.0 Å². The average Bonchev–Trinajstić information content (AvgIpc) is 3.21. The van der Waals surface area contributed by atoms with Crippen LogP contribution < -0.4 is 15.4 Å². The normalized spacial score (nSPS) is 13.0. The van der Waals surface area contributed by atoms with Crippen LogP contribution in [0.15, 0.2) is 60.0 Å². The number of amides is 1. The molecule has 6 heteroatoms. The minimum atomic E-state index is -0.308. The maximum Gasteiger partial charge on any atom is 0.282 e. The smallest absolute Gasteiger partial charge is 0.282 e. The quantitative estimate of drug-likeness (QED) is 0.601. The van der Waals surface area contributed by atoms with E-state index in [9.17, 15) is 4.79 Å². The fraction of sp³-hybridized carbons (Fsp3) is 0.227. The molecule has 0 aliphatic carbocycles. The summed E-state index contributed by atoms with van der Waals surface area (Å²) in [5.74, 6) is 0.479. The first kappa shape index (κ1) is 20.4. The Morgan fingerprint density at radius 3 is 2.57 bits per heavy atom. The van der Waals surface area contributed by atoms with Crippen LogP contribution in [-0.4, -0.2) is 19.1 Å². The summed E-state index contributed by atoms with van der Waals surface area (Å²) in [6.07, 6.45) is 0. The number of hydrogen-bond donors (Lipinski definition) is 2. The summed E-state index contributed by atoms with van der Waals surface area (Å²) >= 11 is 7.76. The predicted octanol–water partition coefficient (Wildman–Crippen LogP) is 4.40. The molecule has 3 aromatic rings. The number of carbonyl (C=O) groups is 1. The van der Waals surface area contributed by atoms with Crippen LogP contribution in [-0.2, 0) is 4.79 Å². The van der Waals surface area contributed by atoms with Crippen LogP contribution in [0.4, 0.5) is 5.69 Å². The highest BCUT2D eigenvalue weighted by atomic mass is 35.5. The van der Waals surface area contributed by atoms with Gasteiger partial charge in [-0.05, 0) is 43.5 Å². The third kappa shape index (κ3) is 4.93. The van der Waals surface area contributed by atoms with E-state index in [4.69, 9.17) is 16.3 Å². The highest BCUT2D eigenvalue weighted by Crippen LogP contribution is 2.28. The molecular weight excluding hydrogens is 392 g/mol. The first-order valence-corrected chi connectivity index (χ1v) is 10.3. The molecule has 28 heavy (non-hydrogen) atoms. The highest BCUT2D eigenvalue weighted by Gasteiger charge is 2.26. The van der Waals surface area contributed by atoms with Crippen molar-refractivity contribution >= 4 is 34.5 Å². The Morgan fingerprint density at radius 2 is 1.93 bits per heavy atom. The summed E-state index contributed by atoms with van der Waals surface area (Å²) in [6.45, 7) is 3.98. The van der Waals surface area contributed by atoms with E-state index in [2.05, 4.69) is 53.3 Å². The molecule has 3 N–H and O–H groups in total. The number of hydrogen-bond acceptors (Lipinski definition) is 3. The average molecular weight is 416 g/mol. The molecule has 146 valence electrons. The second-order valence-electron chi connectivity index (χ2n) is 6.72. The number of ether oxygens (including phenoxy) is 1. The van der Waals surface area contributed by atoms with E-state index in [-0.39, 0.29) is 18.0 Å². The van der Waals surface area contributed by atoms with Gasteiger partial charge in [0.15, 0.2) is 6.04 Å². The Hall–Kier alpha value is -2.34. The molecule has 0 aliphatic heterocycles. The number of thiophene rings is 1. The number of nitrogens with two attached hydrogens (primary N) is 1. The van der Waals surface area contributed by atoms with Crippen LogP contribution in [0.3, 0.4) is 0 Å². The number of carbonyl (C=O) groups excluding carboxylic acids is 1. The van der Waals surface area contributed by atoms with Gasteiger partial charge in [-0.3, -0.25) is 4.79 Å². The Balaban J connectivity index is 1.78. The molecule has 0 bridgehead atoms. The van der Waals surface area contributed by atoms with Gasteiger partial charge in [0.2, 0.25) is 0 Å². The van der Waals surface area contributed by atoms with Gasteiger partial charge in [0.05, 0.1) is 17.7 Å². The fourth-order valence-electron chi connectivity index (χ4n) is 3.01. The van der Waals surface area contributed by atoms with Crippen molar-refractivity contribution in [2.75, 3.05) is 12.4 Å². The van der Waals surface area contributed by atoms with Crippen molar-refractivity contribution in [3.8, 4) is 5.75 Å². The third-order valence-electron chi connectivity index (χ3n) is 4.60. The van der Waals surface area contributed by atoms with Crippen molar-refractivity contribution < 1.29 is 14.8 Å². The molecule has 0 radical (unpaired) electrons. The van der Waals surface area contributed by atoms with Crippen molar-refractivity contribution in [1.82, 2.24) is 0 Å². The van der Waals surface area contributed by atoms with Crippen LogP contribution in [0.5, 0.6) is 5.75 Å². The van der Waals surface area contributed by atoms with Crippen molar-refractivity contribution in [1.29, 1.82) is 0 Å². The van der Waals surface area contributed by atoms with Gasteiger partial charge in [0.25, 0.3) is 5.91 Å². The largest absolute Gasteiger partial charge is 0.495 e. The maximum atomic E-state index is 12.8. The topological polar surface area (TPSA) is 54.9 Å². The van der Waals surface area contributed by atoms with Gasteiger partial charge >= 0.3 is 0 Å². The van der Waals surface area contributed by atoms with Crippen LogP contribution >= 0.6 is 22.9 Å². The summed E-state index contributed by atoms with van der Waals surface area (Å²) in [5.41, 5.74) is 2.96. The summed E-state index contributed by atoms with van der Waals surface area (Å²) in [7, 11) is 1.57. The van der Waals surface area contributed by atoms with Gasteiger partial charge in [0, 0.05) is 10.6 Å². The van der Waals surface area contributed by atoms with Gasteiger partial charge in [0.1, 0.15) is 11.8 Å². The molecule has 0 spiro atoms. The zero-order chi connectivity index (χ0) is 20.1. The van der Waals surface area contributed by atoms with Gasteiger partial charge in [-0.2, -0.15) is 0 Å². The van der Waals surface area contributed by atoms with E-state index in [1.54, 1.807) is 36.6 Å². The van der Waals surface area contributed by atoms with E-state index in [0.29, 0.717) is 16.5 Å². The molecule has 1 amide bonds. The molecule has 0 aliphatic rings. The van der Waals surface area contributed by atoms with Crippen LogP contribution in [0.1, 0.15) is 29.0 Å². The fourth-order valence-corrected chi connectivity index (χ4v) is 4.02. The number of benzene rings is 2. The van der Waals surface area contributed by atoms with Gasteiger partial charge in [-0.1, -0.05) is 47.5 Å². The second-order valence-corrected chi connectivity index (χ2v) is 8.13. The van der Waals surface area contributed by atoms with Gasteiger partial charge in [-0.15, -0.1) is 11.3 Å². The molecule has 4 nitrogen and oxygen atoms in total. The van der Waals surface area contributed by atoms with Crippen molar-refractivity contribution in [3.05, 3.63) is 81.0 Å². The molecule has 3 rings (SSSR count). The molecular formula is C22H24ClN2O2S+. The van der Waals surface area contributed by atoms with Crippen molar-refractivity contribution in [2.24, 2.45) is 0 Å². The Morgan fingerprint density at radius 1 is 1.18 bits per heavy atom. The number of halogens is 1. The first-order valence-electron chi connectivity index (χ1n) is 9.07. The minimum Gasteiger partial charge on any atom is -0.495 e. The van der Waals surface area contributed by atoms with Crippen molar-refractivity contribution in [2.45, 2.75) is 25.9 Å². The van der Waals surface area contributed by atoms with E-state index in [0.717, 1.165) is 0 Å². The lowest BCUT2D eigenvalue weighted by Gasteiger charge is -2.20. The molecule has 2 aromatic carbocycles. The molecule has 0 unspecified atom stereocenters. The number of nitrogens with one attached hydrogen (secondary N) is 1. The lowest BCUT2D eigenvalue weighted by Crippen LogP contribution is -2.92. The van der Waals surface area contributed by atoms with Crippen LogP contribution in [0, 0.1) is 6.92 Å². The third-order valence-corrected chi connectivity index (χ3v) is 5.79. The van der Waals surface area contributed by atoms with Crippen LogP contribution in [0.2, 0.25) is 5.02 Å². The number of anilines is 1. The maximum absolute atomic E-state index is 12.8. The molecule has 2 atom stereocenters. The summed E-state index contributed by atoms with van der Waals surface area (Å²) in [4.78, 5) is 14.1. The van der Waals surface area contributed by atoms with E-state index >= 15 is 0 Å². The molecule has 1 heterocycles. The number of quaternary nitrogens is 1. The summed E-state index contributed by atoms with van der Waals surface area (Å²) in [5, 5.41) is 7.63. The van der Waals surface area contributed by atoms with E-state index < -0.39 is 0 Å². The monoisotopic (exact) mass is 415 g/mol. The van der Waals surface area contributed by atoms with Gasteiger partial charge < -0.3 is 15.4 Å². The second kappa shape index (κ2) is 9.24. The zero-order valence-electron chi connectivity index (χ0n) is 16.1. The highest BCUT2D eigenvalue weighted by molar-refractivity contribution is 7.10. The predicted molar refractivity (Wildman–Crippen MR) is 115 cm³/mol. The number of rotatable bonds is 7. The molecule has 0 saturated heterocycles. The van der Waals surface area contributed by atoms with E-state index in [1.807, 2.05) is 13.0 Å². The Bertz CT molecular complexity index is 926. The van der Waals surface area contributed by atoms with Gasteiger partial charge in [-0.25, -0.2) is 0 Å². The lowest BCUT2D eigenvalue weighted by atomic mass is 10.0. The van der Waals surface area contributed by atoms with Crippen molar-refractivity contribution in [3.63, 3.8) is 0 Å². The molecule has 0 saturated carbocycles. The van der Waals surface area contributed by atoms with Crippen LogP contribution in [0.25, 0.3) is 0 Å². The molecule has 1 aromatic heterocycles. The lowest BCUT2D eigenvalue weighted by molar-refractivity contribution is -0.703. The first-order chi connectivity index (χ1) is 13.5. The minimum absolute atomic E-state index is 0.0580.